The van der Waals surface area contributed by atoms with E-state index in [4.69, 9.17) is 15.5 Å². The zero-order valence-electron chi connectivity index (χ0n) is 22.5. The molecule has 0 saturated heterocycles. The number of nitrogens with zero attached hydrogens (tertiary/aromatic N) is 6. The molecule has 3 atom stereocenters. The van der Waals surface area contributed by atoms with Crippen LogP contribution in [0.5, 0.6) is 5.75 Å². The minimum atomic E-state index is -0.499. The lowest BCUT2D eigenvalue weighted by molar-refractivity contribution is 0.0200. The summed E-state index contributed by atoms with van der Waals surface area (Å²) < 4.78 is 36.8. The Morgan fingerprint density at radius 2 is 1.81 bits per heavy atom. The second-order valence-electron chi connectivity index (χ2n) is 10.7. The van der Waals surface area contributed by atoms with Gasteiger partial charge in [0.2, 0.25) is 0 Å². The van der Waals surface area contributed by atoms with Gasteiger partial charge in [-0.2, -0.15) is 0 Å². The van der Waals surface area contributed by atoms with Gasteiger partial charge in [0.1, 0.15) is 34.4 Å². The zero-order chi connectivity index (χ0) is 28.8. The quantitative estimate of drug-likeness (QED) is 0.324. The maximum absolute atomic E-state index is 15.1. The highest BCUT2D eigenvalue weighted by Crippen LogP contribution is 2.36. The van der Waals surface area contributed by atoms with Crippen LogP contribution in [0.2, 0.25) is 0 Å². The third kappa shape index (κ3) is 4.55. The van der Waals surface area contributed by atoms with Crippen molar-refractivity contribution >= 4 is 16.9 Å². The number of imidazole rings is 1. The van der Waals surface area contributed by atoms with Gasteiger partial charge < -0.3 is 19.9 Å². The molecular formula is C31H27F2N7O2. The van der Waals surface area contributed by atoms with Crippen LogP contribution in [-0.4, -0.2) is 54.1 Å². The third-order valence-electron chi connectivity index (χ3n) is 8.22. The molecule has 1 amide bonds. The molecule has 1 fully saturated rings. The van der Waals surface area contributed by atoms with E-state index in [1.165, 1.54) is 24.3 Å². The fraction of sp³-hybridized carbons (Fsp3) is 0.258. The van der Waals surface area contributed by atoms with E-state index in [1.54, 1.807) is 47.8 Å². The Labute approximate surface area is 240 Å². The van der Waals surface area contributed by atoms with Crippen LogP contribution >= 0.6 is 0 Å². The van der Waals surface area contributed by atoms with Gasteiger partial charge in [-0.3, -0.25) is 9.78 Å². The van der Waals surface area contributed by atoms with E-state index < -0.39 is 11.9 Å². The van der Waals surface area contributed by atoms with Crippen molar-refractivity contribution in [3.8, 4) is 28.7 Å². The number of rotatable bonds is 5. The average molecular weight is 568 g/mol. The second-order valence-corrected chi connectivity index (χ2v) is 10.7. The lowest BCUT2D eigenvalue weighted by Gasteiger charge is -2.43. The number of carbonyl (C=O) groups excluding carboxylic acids is 1. The molecule has 0 radical (unpaired) electrons. The minimum Gasteiger partial charge on any atom is -0.472 e. The topological polar surface area (TPSA) is 112 Å². The predicted octanol–water partition coefficient (Wildman–Crippen LogP) is 4.82. The summed E-state index contributed by atoms with van der Waals surface area (Å²) in [5.74, 6) is 0.0435. The van der Waals surface area contributed by atoms with E-state index >= 15 is 4.39 Å². The van der Waals surface area contributed by atoms with E-state index in [1.807, 2.05) is 10.6 Å². The molecule has 42 heavy (non-hydrogen) atoms. The van der Waals surface area contributed by atoms with E-state index in [0.717, 1.165) is 18.4 Å². The molecule has 1 saturated carbocycles. The third-order valence-corrected chi connectivity index (χ3v) is 8.22. The number of carbonyl (C=O) groups is 1. The Morgan fingerprint density at radius 3 is 2.64 bits per heavy atom. The number of amides is 1. The van der Waals surface area contributed by atoms with Gasteiger partial charge in [0, 0.05) is 25.0 Å². The largest absolute Gasteiger partial charge is 0.472 e. The molecule has 11 heteroatoms. The smallest absolute Gasteiger partial charge is 0.260 e. The summed E-state index contributed by atoms with van der Waals surface area (Å²) in [6.45, 7) is 0.480. The maximum atomic E-state index is 15.1. The Kier molecular flexibility index (Phi) is 6.58. The van der Waals surface area contributed by atoms with Crippen LogP contribution < -0.4 is 10.5 Å². The molecule has 1 aliphatic heterocycles. The SMILES string of the molecule is N[C@H]1[C@H](Cn2c(-c3ccccc3F)nc3cnc(-c4ncccn4)cc32)CCC[C@@H]1N1COc2ccc(F)cc2C1=O. The molecule has 0 unspecified atom stereocenters. The first-order chi connectivity index (χ1) is 20.5. The van der Waals surface area contributed by atoms with Crippen molar-refractivity contribution in [3.63, 3.8) is 0 Å². The number of pyridine rings is 1. The number of nitrogens with two attached hydrogens (primary N) is 1. The van der Waals surface area contributed by atoms with Crippen LogP contribution in [0.1, 0.15) is 29.6 Å². The number of hydrogen-bond donors (Lipinski definition) is 1. The predicted molar refractivity (Wildman–Crippen MR) is 151 cm³/mol. The maximum Gasteiger partial charge on any atom is 0.260 e. The lowest BCUT2D eigenvalue weighted by atomic mass is 9.80. The molecule has 0 spiro atoms. The monoisotopic (exact) mass is 567 g/mol. The van der Waals surface area contributed by atoms with E-state index in [0.29, 0.717) is 47.1 Å². The Bertz CT molecular complexity index is 1800. The highest BCUT2D eigenvalue weighted by Gasteiger charge is 2.40. The van der Waals surface area contributed by atoms with Gasteiger partial charge in [-0.1, -0.05) is 18.6 Å². The first-order valence-electron chi connectivity index (χ1n) is 13.9. The van der Waals surface area contributed by atoms with Crippen molar-refractivity contribution < 1.29 is 18.3 Å². The number of halogens is 2. The summed E-state index contributed by atoms with van der Waals surface area (Å²) >= 11 is 0. The summed E-state index contributed by atoms with van der Waals surface area (Å²) in [6, 6.07) is 13.3. The molecule has 212 valence electrons. The highest BCUT2D eigenvalue weighted by molar-refractivity contribution is 5.98. The Balaban J connectivity index is 1.26. The number of aromatic nitrogens is 5. The van der Waals surface area contributed by atoms with Crippen molar-refractivity contribution in [1.29, 1.82) is 0 Å². The van der Waals surface area contributed by atoms with Gasteiger partial charge >= 0.3 is 0 Å². The van der Waals surface area contributed by atoms with Crippen LogP contribution in [0.25, 0.3) is 33.9 Å². The number of hydrogen-bond acceptors (Lipinski definition) is 7. The molecule has 7 rings (SSSR count). The molecule has 3 aromatic heterocycles. The van der Waals surface area contributed by atoms with E-state index in [2.05, 4.69) is 15.0 Å². The fourth-order valence-corrected chi connectivity index (χ4v) is 6.11. The summed E-state index contributed by atoms with van der Waals surface area (Å²) in [6.07, 6.45) is 7.27. The van der Waals surface area contributed by atoms with E-state index in [9.17, 15) is 9.18 Å². The zero-order valence-corrected chi connectivity index (χ0v) is 22.5. The van der Waals surface area contributed by atoms with Crippen molar-refractivity contribution in [3.05, 3.63) is 90.4 Å². The van der Waals surface area contributed by atoms with Gasteiger partial charge in [-0.05, 0) is 61.2 Å². The molecule has 2 aromatic carbocycles. The molecule has 4 heterocycles. The summed E-state index contributed by atoms with van der Waals surface area (Å²) in [5, 5.41) is 0. The standard InChI is InChI=1S/C31H27F2N7O2/c32-19-9-10-27-21(13-19)31(41)40(17-42-27)25-8-3-5-18(28(25)34)16-39-26-14-23(29-35-11-4-12-36-29)37-15-24(26)38-30(39)20-6-1-2-7-22(20)33/h1-2,4,6-7,9-15,18,25,28H,3,5,8,16-17,34H2/t18-,25-,28-/m0/s1. The van der Waals surface area contributed by atoms with Crippen molar-refractivity contribution in [2.45, 2.75) is 37.9 Å². The second kappa shape index (κ2) is 10.6. The summed E-state index contributed by atoms with van der Waals surface area (Å²) in [7, 11) is 0. The molecular weight excluding hydrogens is 540 g/mol. The number of ether oxygens (including phenoxy) is 1. The number of fused-ring (bicyclic) bond motifs is 2. The summed E-state index contributed by atoms with van der Waals surface area (Å²) in [4.78, 5) is 33.0. The molecule has 9 nitrogen and oxygen atoms in total. The van der Waals surface area contributed by atoms with Gasteiger partial charge in [-0.25, -0.2) is 23.7 Å². The molecule has 0 bridgehead atoms. The Hall–Kier alpha value is -4.77. The van der Waals surface area contributed by atoms with Crippen LogP contribution in [0.3, 0.4) is 0 Å². The highest BCUT2D eigenvalue weighted by atomic mass is 19.1. The van der Waals surface area contributed by atoms with Crippen molar-refractivity contribution in [2.24, 2.45) is 11.7 Å². The molecule has 2 aliphatic rings. The first kappa shape index (κ1) is 26.1. The minimum absolute atomic E-state index is 0.0448. The van der Waals surface area contributed by atoms with Crippen LogP contribution in [0.15, 0.2) is 73.2 Å². The molecule has 5 aromatic rings. The van der Waals surface area contributed by atoms with Gasteiger partial charge in [0.05, 0.1) is 28.9 Å². The van der Waals surface area contributed by atoms with Crippen LogP contribution in [0.4, 0.5) is 8.78 Å². The van der Waals surface area contributed by atoms with Gasteiger partial charge in [0.25, 0.3) is 5.91 Å². The lowest BCUT2D eigenvalue weighted by Crippen LogP contribution is -2.58. The van der Waals surface area contributed by atoms with Crippen molar-refractivity contribution in [1.82, 2.24) is 29.4 Å². The number of benzene rings is 2. The van der Waals surface area contributed by atoms with Crippen molar-refractivity contribution in [2.75, 3.05) is 6.73 Å². The van der Waals surface area contributed by atoms with Crippen LogP contribution in [0, 0.1) is 17.6 Å². The van der Waals surface area contributed by atoms with E-state index in [-0.39, 0.29) is 36.0 Å². The van der Waals surface area contributed by atoms with Gasteiger partial charge in [0.15, 0.2) is 12.6 Å². The fourth-order valence-electron chi connectivity index (χ4n) is 6.11. The summed E-state index contributed by atoms with van der Waals surface area (Å²) in [5.41, 5.74) is 9.39. The average Bonchev–Trinajstić information content (AvgIpc) is 3.37. The van der Waals surface area contributed by atoms with Gasteiger partial charge in [-0.15, -0.1) is 0 Å². The molecule has 1 aliphatic carbocycles. The van der Waals surface area contributed by atoms with Crippen LogP contribution in [-0.2, 0) is 6.54 Å². The Morgan fingerprint density at radius 1 is 0.976 bits per heavy atom. The molecule has 2 N–H and O–H groups in total. The first-order valence-corrected chi connectivity index (χ1v) is 13.9. The normalized spacial score (nSPS) is 20.4.